The number of fused-ring (bicyclic) bond motifs is 1. The average molecular weight is 320 g/mol. The van der Waals surface area contributed by atoms with Crippen LogP contribution in [0.15, 0.2) is 35.3 Å². The molecular formula is C12H10BrN5O. The predicted octanol–water partition coefficient (Wildman–Crippen LogP) is 2.87. The van der Waals surface area contributed by atoms with Gasteiger partial charge < -0.3 is 15.0 Å². The molecule has 0 fully saturated rings. The standard InChI is InChI=1S/C12H10BrN5O/c1-19-8-4-2-3-7(5-8)16-11-9-10(15-6-14-9)17-12(13)18-11/h2-6H,1H3,(H2,14,15,16,17,18). The molecule has 0 saturated heterocycles. The van der Waals surface area contributed by atoms with Gasteiger partial charge in [0.05, 0.1) is 13.4 Å². The lowest BCUT2D eigenvalue weighted by molar-refractivity contribution is 0.415. The summed E-state index contributed by atoms with van der Waals surface area (Å²) in [4.78, 5) is 15.6. The third-order valence-corrected chi connectivity index (χ3v) is 2.95. The largest absolute Gasteiger partial charge is 0.497 e. The first-order valence-electron chi connectivity index (χ1n) is 5.54. The van der Waals surface area contributed by atoms with E-state index in [4.69, 9.17) is 4.74 Å². The summed E-state index contributed by atoms with van der Waals surface area (Å²) >= 11 is 3.27. The second kappa shape index (κ2) is 4.85. The summed E-state index contributed by atoms with van der Waals surface area (Å²) in [6.45, 7) is 0. The van der Waals surface area contributed by atoms with E-state index in [1.54, 1.807) is 13.4 Å². The lowest BCUT2D eigenvalue weighted by Crippen LogP contribution is -1.97. The first kappa shape index (κ1) is 11.9. The smallest absolute Gasteiger partial charge is 0.200 e. The number of halogens is 1. The molecule has 3 rings (SSSR count). The first-order chi connectivity index (χ1) is 9.26. The van der Waals surface area contributed by atoms with Gasteiger partial charge in [-0.1, -0.05) is 6.07 Å². The Balaban J connectivity index is 2.02. The Morgan fingerprint density at radius 1 is 1.32 bits per heavy atom. The summed E-state index contributed by atoms with van der Waals surface area (Å²) in [5.41, 5.74) is 2.24. The van der Waals surface area contributed by atoms with Gasteiger partial charge in [-0.25, -0.2) is 15.0 Å². The van der Waals surface area contributed by atoms with E-state index in [0.717, 1.165) is 17.0 Å². The van der Waals surface area contributed by atoms with Crippen molar-refractivity contribution in [3.63, 3.8) is 0 Å². The highest BCUT2D eigenvalue weighted by molar-refractivity contribution is 9.10. The summed E-state index contributed by atoms with van der Waals surface area (Å²) < 4.78 is 5.67. The van der Waals surface area contributed by atoms with Gasteiger partial charge in [-0.15, -0.1) is 0 Å². The summed E-state index contributed by atoms with van der Waals surface area (Å²) in [7, 11) is 1.63. The fourth-order valence-electron chi connectivity index (χ4n) is 1.73. The van der Waals surface area contributed by atoms with Crippen LogP contribution in [0.5, 0.6) is 5.75 Å². The van der Waals surface area contributed by atoms with Crippen molar-refractivity contribution < 1.29 is 4.74 Å². The van der Waals surface area contributed by atoms with Crippen LogP contribution in [-0.4, -0.2) is 27.0 Å². The van der Waals surface area contributed by atoms with E-state index in [1.807, 2.05) is 24.3 Å². The van der Waals surface area contributed by atoms with Crippen molar-refractivity contribution >= 4 is 38.6 Å². The second-order valence-electron chi connectivity index (χ2n) is 3.80. The molecule has 0 bridgehead atoms. The molecule has 3 aromatic rings. The zero-order chi connectivity index (χ0) is 13.2. The Kier molecular flexibility index (Phi) is 3.04. The fraction of sp³-hybridized carbons (Fsp3) is 0.0833. The van der Waals surface area contributed by atoms with Gasteiger partial charge >= 0.3 is 0 Å². The number of nitrogens with one attached hydrogen (secondary N) is 2. The SMILES string of the molecule is COc1cccc(Nc2nc(Br)nc3nc[nH]c23)c1. The van der Waals surface area contributed by atoms with Gasteiger partial charge in [-0.2, -0.15) is 0 Å². The van der Waals surface area contributed by atoms with Gasteiger partial charge in [0.2, 0.25) is 4.73 Å². The van der Waals surface area contributed by atoms with Crippen molar-refractivity contribution in [3.8, 4) is 5.75 Å². The highest BCUT2D eigenvalue weighted by Gasteiger charge is 2.09. The molecule has 0 amide bonds. The Morgan fingerprint density at radius 3 is 3.05 bits per heavy atom. The number of aromatic amines is 1. The minimum absolute atomic E-state index is 0.484. The van der Waals surface area contributed by atoms with Crippen LogP contribution in [0, 0.1) is 0 Å². The molecule has 19 heavy (non-hydrogen) atoms. The molecule has 2 aromatic heterocycles. The number of rotatable bonds is 3. The Hall–Kier alpha value is -2.15. The fourth-order valence-corrected chi connectivity index (χ4v) is 2.08. The summed E-state index contributed by atoms with van der Waals surface area (Å²) in [6.07, 6.45) is 1.59. The van der Waals surface area contributed by atoms with Crippen LogP contribution in [0.1, 0.15) is 0 Å². The van der Waals surface area contributed by atoms with Crippen molar-refractivity contribution in [1.82, 2.24) is 19.9 Å². The van der Waals surface area contributed by atoms with E-state index in [9.17, 15) is 0 Å². The van der Waals surface area contributed by atoms with E-state index in [1.165, 1.54) is 0 Å². The zero-order valence-electron chi connectivity index (χ0n) is 10.0. The molecule has 0 saturated carbocycles. The van der Waals surface area contributed by atoms with Crippen molar-refractivity contribution in [2.75, 3.05) is 12.4 Å². The van der Waals surface area contributed by atoms with Gasteiger partial charge in [0.25, 0.3) is 0 Å². The van der Waals surface area contributed by atoms with Gasteiger partial charge in [0, 0.05) is 11.8 Å². The molecule has 0 aliphatic carbocycles. The lowest BCUT2D eigenvalue weighted by atomic mass is 10.3. The van der Waals surface area contributed by atoms with Gasteiger partial charge in [-0.05, 0) is 28.1 Å². The molecule has 0 aliphatic heterocycles. The van der Waals surface area contributed by atoms with Crippen LogP contribution >= 0.6 is 15.9 Å². The molecule has 96 valence electrons. The second-order valence-corrected chi connectivity index (χ2v) is 4.51. The van der Waals surface area contributed by atoms with Gasteiger partial charge in [0.1, 0.15) is 11.3 Å². The van der Waals surface area contributed by atoms with Gasteiger partial charge in [0.15, 0.2) is 11.5 Å². The van der Waals surface area contributed by atoms with Crippen molar-refractivity contribution in [2.45, 2.75) is 0 Å². The lowest BCUT2D eigenvalue weighted by Gasteiger charge is -2.08. The molecule has 0 radical (unpaired) electrons. The Bertz CT molecular complexity index is 727. The molecule has 7 heteroatoms. The molecule has 6 nitrogen and oxygen atoms in total. The molecule has 0 atom stereocenters. The normalized spacial score (nSPS) is 10.6. The Labute approximate surface area is 117 Å². The number of ether oxygens (including phenoxy) is 1. The van der Waals surface area contributed by atoms with Crippen molar-refractivity contribution in [3.05, 3.63) is 35.3 Å². The molecule has 2 heterocycles. The average Bonchev–Trinajstić information content (AvgIpc) is 2.87. The first-order valence-corrected chi connectivity index (χ1v) is 6.33. The molecular weight excluding hydrogens is 310 g/mol. The highest BCUT2D eigenvalue weighted by atomic mass is 79.9. The number of hydrogen-bond acceptors (Lipinski definition) is 5. The number of benzene rings is 1. The van der Waals surface area contributed by atoms with Crippen LogP contribution < -0.4 is 10.1 Å². The maximum atomic E-state index is 5.19. The quantitative estimate of drug-likeness (QED) is 0.726. The minimum Gasteiger partial charge on any atom is -0.497 e. The van der Waals surface area contributed by atoms with E-state index in [-0.39, 0.29) is 0 Å². The van der Waals surface area contributed by atoms with E-state index < -0.39 is 0 Å². The number of nitrogens with zero attached hydrogens (tertiary/aromatic N) is 3. The van der Waals surface area contributed by atoms with E-state index in [2.05, 4.69) is 41.2 Å². The molecule has 1 aromatic carbocycles. The minimum atomic E-state index is 0.484. The Morgan fingerprint density at radius 2 is 2.21 bits per heavy atom. The van der Waals surface area contributed by atoms with Crippen molar-refractivity contribution in [2.24, 2.45) is 0 Å². The summed E-state index contributed by atoms with van der Waals surface area (Å²) in [6, 6.07) is 7.60. The number of hydrogen-bond donors (Lipinski definition) is 2. The number of anilines is 2. The van der Waals surface area contributed by atoms with Crippen LogP contribution in [0.25, 0.3) is 11.2 Å². The van der Waals surface area contributed by atoms with Crippen LogP contribution in [0.3, 0.4) is 0 Å². The van der Waals surface area contributed by atoms with Crippen molar-refractivity contribution in [1.29, 1.82) is 0 Å². The number of methoxy groups -OCH3 is 1. The molecule has 0 spiro atoms. The molecule has 2 N–H and O–H groups in total. The molecule has 0 aliphatic rings. The van der Waals surface area contributed by atoms with E-state index in [0.29, 0.717) is 16.2 Å². The number of H-pyrrole nitrogens is 1. The van der Waals surface area contributed by atoms with E-state index >= 15 is 0 Å². The third-order valence-electron chi connectivity index (χ3n) is 2.59. The monoisotopic (exact) mass is 319 g/mol. The van der Waals surface area contributed by atoms with Gasteiger partial charge in [-0.3, -0.25) is 0 Å². The molecule has 0 unspecified atom stereocenters. The van der Waals surface area contributed by atoms with Crippen LogP contribution in [-0.2, 0) is 0 Å². The highest BCUT2D eigenvalue weighted by Crippen LogP contribution is 2.24. The zero-order valence-corrected chi connectivity index (χ0v) is 11.6. The summed E-state index contributed by atoms with van der Waals surface area (Å²) in [5, 5.41) is 3.22. The number of aromatic nitrogens is 4. The third kappa shape index (κ3) is 2.37. The van der Waals surface area contributed by atoms with Crippen LogP contribution in [0.4, 0.5) is 11.5 Å². The topological polar surface area (TPSA) is 75.7 Å². The van der Waals surface area contributed by atoms with Crippen LogP contribution in [0.2, 0.25) is 0 Å². The number of imidazole rings is 1. The maximum absolute atomic E-state index is 5.19. The maximum Gasteiger partial charge on any atom is 0.200 e. The summed E-state index contributed by atoms with van der Waals surface area (Å²) in [5.74, 6) is 1.43. The predicted molar refractivity (Wildman–Crippen MR) is 75.7 cm³/mol.